The highest BCUT2D eigenvalue weighted by Crippen LogP contribution is 2.17. The van der Waals surface area contributed by atoms with Gasteiger partial charge in [0.15, 0.2) is 0 Å². The highest BCUT2D eigenvalue weighted by atomic mass is 16.5. The van der Waals surface area contributed by atoms with E-state index in [1.54, 1.807) is 6.08 Å². The van der Waals surface area contributed by atoms with E-state index in [2.05, 4.69) is 19.2 Å². The fourth-order valence-electron chi connectivity index (χ4n) is 9.11. The van der Waals surface area contributed by atoms with Gasteiger partial charge < -0.3 is 20.3 Å². The van der Waals surface area contributed by atoms with Crippen molar-refractivity contribution in [1.29, 1.82) is 0 Å². The third-order valence-electron chi connectivity index (χ3n) is 13.6. The molecular formula is C58H113NO5. The Morgan fingerprint density at radius 3 is 1.06 bits per heavy atom. The Bertz CT molecular complexity index is 955. The molecule has 0 aliphatic heterocycles. The van der Waals surface area contributed by atoms with Crippen molar-refractivity contribution in [3.8, 4) is 0 Å². The molecule has 0 aromatic heterocycles. The first kappa shape index (κ1) is 62.6. The first-order valence-corrected chi connectivity index (χ1v) is 29.0. The van der Waals surface area contributed by atoms with Gasteiger partial charge in [-0.05, 0) is 32.1 Å². The molecule has 0 bridgehead atoms. The average molecular weight is 905 g/mol. The zero-order valence-electron chi connectivity index (χ0n) is 43.3. The lowest BCUT2D eigenvalue weighted by Crippen LogP contribution is -2.45. The topological polar surface area (TPSA) is 95.9 Å². The number of allylic oxidation sites excluding steroid dienone is 1. The first-order chi connectivity index (χ1) is 31.5. The van der Waals surface area contributed by atoms with Crippen molar-refractivity contribution in [1.82, 2.24) is 5.32 Å². The molecule has 2 atom stereocenters. The second-order valence-electron chi connectivity index (χ2n) is 20.0. The van der Waals surface area contributed by atoms with Gasteiger partial charge in [-0.25, -0.2) is 0 Å². The normalized spacial score (nSPS) is 12.6. The number of aliphatic hydroxyl groups excluding tert-OH is 2. The van der Waals surface area contributed by atoms with Crippen molar-refractivity contribution in [2.45, 2.75) is 334 Å². The van der Waals surface area contributed by atoms with Crippen LogP contribution in [0.25, 0.3) is 0 Å². The molecule has 0 aliphatic carbocycles. The lowest BCUT2D eigenvalue weighted by atomic mass is 10.0. The molecule has 3 N–H and O–H groups in total. The van der Waals surface area contributed by atoms with Crippen LogP contribution in [0.2, 0.25) is 0 Å². The molecular weight excluding hydrogens is 791 g/mol. The van der Waals surface area contributed by atoms with Crippen molar-refractivity contribution in [2.75, 3.05) is 13.2 Å². The highest BCUT2D eigenvalue weighted by molar-refractivity contribution is 5.76. The number of hydrogen-bond donors (Lipinski definition) is 3. The van der Waals surface area contributed by atoms with Gasteiger partial charge in [-0.1, -0.05) is 289 Å². The van der Waals surface area contributed by atoms with Gasteiger partial charge in [0, 0.05) is 12.8 Å². The molecule has 0 rings (SSSR count). The number of unbranched alkanes of at least 4 members (excludes halogenated alkanes) is 43. The van der Waals surface area contributed by atoms with Crippen LogP contribution in [0.3, 0.4) is 0 Å². The lowest BCUT2D eigenvalue weighted by molar-refractivity contribution is -0.143. The van der Waals surface area contributed by atoms with Gasteiger partial charge in [0.05, 0.1) is 25.4 Å². The molecule has 0 aromatic carbocycles. The molecule has 1 amide bonds. The van der Waals surface area contributed by atoms with Crippen LogP contribution in [0.1, 0.15) is 322 Å². The smallest absolute Gasteiger partial charge is 0.305 e. The molecule has 0 saturated heterocycles. The van der Waals surface area contributed by atoms with Crippen LogP contribution in [0, 0.1) is 0 Å². The molecule has 380 valence electrons. The van der Waals surface area contributed by atoms with Gasteiger partial charge in [0.2, 0.25) is 5.91 Å². The number of ether oxygens (including phenoxy) is 1. The summed E-state index contributed by atoms with van der Waals surface area (Å²) in [5, 5.41) is 23.0. The van der Waals surface area contributed by atoms with Crippen molar-refractivity contribution in [2.24, 2.45) is 0 Å². The maximum Gasteiger partial charge on any atom is 0.305 e. The average Bonchev–Trinajstić information content (AvgIpc) is 3.29. The van der Waals surface area contributed by atoms with Crippen molar-refractivity contribution in [3.63, 3.8) is 0 Å². The van der Waals surface area contributed by atoms with Crippen LogP contribution in [0.5, 0.6) is 0 Å². The maximum absolute atomic E-state index is 12.4. The second kappa shape index (κ2) is 54.2. The van der Waals surface area contributed by atoms with Crippen molar-refractivity contribution >= 4 is 11.9 Å². The van der Waals surface area contributed by atoms with E-state index in [0.29, 0.717) is 19.4 Å². The van der Waals surface area contributed by atoms with Gasteiger partial charge in [0.1, 0.15) is 0 Å². The van der Waals surface area contributed by atoms with Gasteiger partial charge >= 0.3 is 5.97 Å². The SMILES string of the molecule is CCCCCCCCCCCC/C=C/C(O)C(CO)NC(=O)CCCCCCCCCCCCCCCCCCCCCCOC(=O)CCCCCCCCCCCCCCCCC. The summed E-state index contributed by atoms with van der Waals surface area (Å²) >= 11 is 0. The van der Waals surface area contributed by atoms with E-state index in [1.165, 1.54) is 257 Å². The highest BCUT2D eigenvalue weighted by Gasteiger charge is 2.18. The van der Waals surface area contributed by atoms with Crippen LogP contribution in [0.4, 0.5) is 0 Å². The van der Waals surface area contributed by atoms with Gasteiger partial charge in [0.25, 0.3) is 0 Å². The molecule has 64 heavy (non-hydrogen) atoms. The standard InChI is InChI=1S/C58H113NO5/c1-3-5-7-9-11-13-15-17-24-28-32-36-40-44-48-52-58(63)64-53-49-45-41-37-33-29-26-23-21-19-18-20-22-25-27-31-35-39-43-47-51-57(62)59-55(54-60)56(61)50-46-42-38-34-30-16-14-12-10-8-6-4-2/h46,50,55-56,60-61H,3-45,47-49,51-54H2,1-2H3,(H,59,62)/b50-46+. The molecule has 6 heteroatoms. The fourth-order valence-corrected chi connectivity index (χ4v) is 9.11. The summed E-state index contributed by atoms with van der Waals surface area (Å²) in [4.78, 5) is 24.5. The van der Waals surface area contributed by atoms with E-state index in [9.17, 15) is 19.8 Å². The van der Waals surface area contributed by atoms with Crippen molar-refractivity contribution < 1.29 is 24.5 Å². The summed E-state index contributed by atoms with van der Waals surface area (Å²) < 4.78 is 5.48. The summed E-state index contributed by atoms with van der Waals surface area (Å²) in [6.07, 6.45) is 63.8. The molecule has 6 nitrogen and oxygen atoms in total. The number of carbonyl (C=O) groups excluding carboxylic acids is 2. The van der Waals surface area contributed by atoms with E-state index in [4.69, 9.17) is 4.74 Å². The quantitative estimate of drug-likeness (QED) is 0.0321. The number of amides is 1. The summed E-state index contributed by atoms with van der Waals surface area (Å²) in [5.41, 5.74) is 0. The van der Waals surface area contributed by atoms with E-state index in [-0.39, 0.29) is 18.5 Å². The summed E-state index contributed by atoms with van der Waals surface area (Å²) in [6, 6.07) is -0.627. The summed E-state index contributed by atoms with van der Waals surface area (Å²) in [6.45, 7) is 4.91. The minimum Gasteiger partial charge on any atom is -0.466 e. The number of carbonyl (C=O) groups is 2. The van der Waals surface area contributed by atoms with Gasteiger partial charge in [-0.2, -0.15) is 0 Å². The van der Waals surface area contributed by atoms with E-state index >= 15 is 0 Å². The molecule has 0 fully saturated rings. The third-order valence-corrected chi connectivity index (χ3v) is 13.6. The molecule has 2 unspecified atom stereocenters. The predicted molar refractivity (Wildman–Crippen MR) is 278 cm³/mol. The Morgan fingerprint density at radius 2 is 0.719 bits per heavy atom. The Morgan fingerprint density at radius 1 is 0.422 bits per heavy atom. The Kier molecular flexibility index (Phi) is 53.0. The monoisotopic (exact) mass is 904 g/mol. The molecule has 0 heterocycles. The Hall–Kier alpha value is -1.40. The third kappa shape index (κ3) is 50.0. The van der Waals surface area contributed by atoms with E-state index < -0.39 is 12.1 Å². The molecule has 0 saturated carbocycles. The zero-order valence-corrected chi connectivity index (χ0v) is 43.3. The zero-order chi connectivity index (χ0) is 46.5. The number of nitrogens with one attached hydrogen (secondary N) is 1. The van der Waals surface area contributed by atoms with Gasteiger partial charge in [-0.15, -0.1) is 0 Å². The van der Waals surface area contributed by atoms with Crippen LogP contribution >= 0.6 is 0 Å². The Balaban J connectivity index is 3.38. The van der Waals surface area contributed by atoms with Crippen LogP contribution in [0.15, 0.2) is 12.2 Å². The molecule has 0 radical (unpaired) electrons. The largest absolute Gasteiger partial charge is 0.466 e. The molecule has 0 aromatic rings. The number of hydrogen-bond acceptors (Lipinski definition) is 5. The minimum atomic E-state index is -0.843. The number of esters is 1. The molecule has 0 spiro atoms. The second-order valence-corrected chi connectivity index (χ2v) is 20.0. The molecule has 0 aliphatic rings. The number of rotatable bonds is 54. The van der Waals surface area contributed by atoms with E-state index in [1.807, 2.05) is 6.08 Å². The van der Waals surface area contributed by atoms with Gasteiger partial charge in [-0.3, -0.25) is 9.59 Å². The van der Waals surface area contributed by atoms with Crippen LogP contribution in [-0.2, 0) is 14.3 Å². The summed E-state index contributed by atoms with van der Waals surface area (Å²) in [7, 11) is 0. The first-order valence-electron chi connectivity index (χ1n) is 29.0. The van der Waals surface area contributed by atoms with Crippen LogP contribution in [-0.4, -0.2) is 47.4 Å². The Labute approximate surface area is 399 Å². The number of aliphatic hydroxyl groups is 2. The maximum atomic E-state index is 12.4. The summed E-state index contributed by atoms with van der Waals surface area (Å²) in [5.74, 6) is -0.0562. The minimum absolute atomic E-state index is 0.0131. The fraction of sp³-hybridized carbons (Fsp3) is 0.931. The van der Waals surface area contributed by atoms with E-state index in [0.717, 1.165) is 38.5 Å². The van der Waals surface area contributed by atoms with Crippen molar-refractivity contribution in [3.05, 3.63) is 12.2 Å². The lowest BCUT2D eigenvalue weighted by Gasteiger charge is -2.20. The predicted octanol–water partition coefficient (Wildman–Crippen LogP) is 17.7. The van der Waals surface area contributed by atoms with Crippen LogP contribution < -0.4 is 5.32 Å².